The second kappa shape index (κ2) is 4.90. The van der Waals surface area contributed by atoms with Crippen LogP contribution in [0.2, 0.25) is 0 Å². The van der Waals surface area contributed by atoms with E-state index in [2.05, 4.69) is 4.72 Å². The van der Waals surface area contributed by atoms with Crippen molar-refractivity contribution >= 4 is 16.0 Å². The lowest BCUT2D eigenvalue weighted by atomic mass is 9.94. The molecule has 0 bridgehead atoms. The number of benzene rings is 1. The maximum absolute atomic E-state index is 13.6. The summed E-state index contributed by atoms with van der Waals surface area (Å²) in [5.74, 6) is -2.20. The summed E-state index contributed by atoms with van der Waals surface area (Å²) in [4.78, 5) is 10.5. The number of rotatable bonds is 4. The molecule has 104 valence electrons. The van der Waals surface area contributed by atoms with Crippen LogP contribution >= 0.6 is 0 Å². The molecule has 1 aliphatic rings. The Morgan fingerprint density at radius 1 is 1.42 bits per heavy atom. The van der Waals surface area contributed by atoms with Gasteiger partial charge in [0.25, 0.3) is 0 Å². The zero-order valence-corrected chi connectivity index (χ0v) is 11.1. The summed E-state index contributed by atoms with van der Waals surface area (Å²) in [6.07, 6.45) is 2.45. The van der Waals surface area contributed by atoms with E-state index in [9.17, 15) is 17.6 Å². The molecule has 7 heteroatoms. The van der Waals surface area contributed by atoms with Crippen LogP contribution in [0, 0.1) is 12.7 Å². The van der Waals surface area contributed by atoms with Crippen molar-refractivity contribution in [1.29, 1.82) is 0 Å². The van der Waals surface area contributed by atoms with Crippen molar-refractivity contribution in [2.24, 2.45) is 0 Å². The zero-order chi connectivity index (χ0) is 14.2. The first-order valence-corrected chi connectivity index (χ1v) is 7.35. The van der Waals surface area contributed by atoms with Crippen molar-refractivity contribution in [3.8, 4) is 0 Å². The van der Waals surface area contributed by atoms with Crippen molar-refractivity contribution in [2.45, 2.75) is 37.1 Å². The largest absolute Gasteiger partial charge is 0.478 e. The lowest BCUT2D eigenvalue weighted by molar-refractivity contribution is 0.0696. The minimum atomic E-state index is -3.88. The molecule has 1 fully saturated rings. The van der Waals surface area contributed by atoms with E-state index in [1.807, 2.05) is 0 Å². The van der Waals surface area contributed by atoms with Crippen LogP contribution in [0.15, 0.2) is 17.0 Å². The number of sulfonamides is 1. The fourth-order valence-electron chi connectivity index (χ4n) is 1.87. The molecule has 1 aromatic rings. The van der Waals surface area contributed by atoms with E-state index in [0.29, 0.717) is 0 Å². The van der Waals surface area contributed by atoms with E-state index in [1.54, 1.807) is 0 Å². The van der Waals surface area contributed by atoms with Gasteiger partial charge < -0.3 is 5.11 Å². The minimum absolute atomic E-state index is 0.0724. The van der Waals surface area contributed by atoms with Crippen LogP contribution < -0.4 is 4.72 Å². The number of halogens is 1. The normalized spacial score (nSPS) is 16.1. The first-order chi connectivity index (χ1) is 8.81. The quantitative estimate of drug-likeness (QED) is 0.882. The van der Waals surface area contributed by atoms with E-state index in [-0.39, 0.29) is 22.1 Å². The molecule has 0 saturated heterocycles. The SMILES string of the molecule is Cc1c(F)cc(C(=O)O)cc1S(=O)(=O)NC1CCC1. The maximum atomic E-state index is 13.6. The Hall–Kier alpha value is -1.47. The topological polar surface area (TPSA) is 83.5 Å². The third-order valence-electron chi connectivity index (χ3n) is 3.26. The van der Waals surface area contributed by atoms with Crippen molar-refractivity contribution in [2.75, 3.05) is 0 Å². The van der Waals surface area contributed by atoms with Gasteiger partial charge in [-0.15, -0.1) is 0 Å². The molecule has 0 aromatic heterocycles. The van der Waals surface area contributed by atoms with Crippen LogP contribution in [0.25, 0.3) is 0 Å². The highest BCUT2D eigenvalue weighted by atomic mass is 32.2. The van der Waals surface area contributed by atoms with Gasteiger partial charge in [-0.05, 0) is 31.9 Å². The molecule has 2 rings (SSSR count). The Balaban J connectivity index is 2.44. The Morgan fingerprint density at radius 2 is 2.05 bits per heavy atom. The molecule has 1 saturated carbocycles. The molecule has 0 atom stereocenters. The predicted octanol–water partition coefficient (Wildman–Crippen LogP) is 1.66. The second-order valence-corrected chi connectivity index (χ2v) is 6.32. The average Bonchev–Trinajstić information content (AvgIpc) is 2.27. The molecule has 0 aliphatic heterocycles. The number of carboxylic acid groups (broad SMARTS) is 1. The van der Waals surface area contributed by atoms with E-state index in [1.165, 1.54) is 6.92 Å². The molecule has 2 N–H and O–H groups in total. The number of aromatic carboxylic acids is 1. The molecule has 0 heterocycles. The van der Waals surface area contributed by atoms with Crippen LogP contribution in [-0.2, 0) is 10.0 Å². The highest BCUT2D eigenvalue weighted by Crippen LogP contribution is 2.24. The smallest absolute Gasteiger partial charge is 0.335 e. The summed E-state index contributed by atoms with van der Waals surface area (Å²) in [6, 6.07) is 1.67. The van der Waals surface area contributed by atoms with Crippen molar-refractivity contribution in [3.63, 3.8) is 0 Å². The molecule has 1 aromatic carbocycles. The van der Waals surface area contributed by atoms with Crippen LogP contribution in [0.3, 0.4) is 0 Å². The van der Waals surface area contributed by atoms with E-state index < -0.39 is 21.8 Å². The maximum Gasteiger partial charge on any atom is 0.335 e. The average molecular weight is 287 g/mol. The first kappa shape index (κ1) is 14.0. The number of hydrogen-bond donors (Lipinski definition) is 2. The standard InChI is InChI=1S/C12H14FNO4S/c1-7-10(13)5-8(12(15)16)6-11(7)19(17,18)14-9-3-2-4-9/h5-6,9,14H,2-4H2,1H3,(H,15,16). The number of nitrogens with one attached hydrogen (secondary N) is 1. The van der Waals surface area contributed by atoms with Gasteiger partial charge in [-0.1, -0.05) is 6.42 Å². The lowest BCUT2D eigenvalue weighted by Gasteiger charge is -2.26. The fraction of sp³-hybridized carbons (Fsp3) is 0.417. The summed E-state index contributed by atoms with van der Waals surface area (Å²) in [7, 11) is -3.88. The number of carbonyl (C=O) groups is 1. The van der Waals surface area contributed by atoms with Gasteiger partial charge in [0.2, 0.25) is 10.0 Å². The molecular formula is C12H14FNO4S. The van der Waals surface area contributed by atoms with Gasteiger partial charge >= 0.3 is 5.97 Å². The Kier molecular flexibility index (Phi) is 3.60. The molecule has 0 amide bonds. The Labute approximate surface area is 110 Å². The minimum Gasteiger partial charge on any atom is -0.478 e. The summed E-state index contributed by atoms with van der Waals surface area (Å²) in [5, 5.41) is 8.85. The van der Waals surface area contributed by atoms with Gasteiger partial charge in [0.15, 0.2) is 0 Å². The lowest BCUT2D eigenvalue weighted by Crippen LogP contribution is -2.39. The predicted molar refractivity (Wildman–Crippen MR) is 66.1 cm³/mol. The molecule has 1 aliphatic carbocycles. The van der Waals surface area contributed by atoms with Gasteiger partial charge in [0, 0.05) is 11.6 Å². The molecule has 0 spiro atoms. The molecule has 0 unspecified atom stereocenters. The van der Waals surface area contributed by atoms with Gasteiger partial charge in [0.1, 0.15) is 5.82 Å². The van der Waals surface area contributed by atoms with Gasteiger partial charge in [-0.3, -0.25) is 0 Å². The monoisotopic (exact) mass is 287 g/mol. The molecule has 19 heavy (non-hydrogen) atoms. The van der Waals surface area contributed by atoms with E-state index in [4.69, 9.17) is 5.11 Å². The van der Waals surface area contributed by atoms with Crippen molar-refractivity contribution < 1.29 is 22.7 Å². The summed E-state index contributed by atoms with van der Waals surface area (Å²) in [5.41, 5.74) is -0.450. The van der Waals surface area contributed by atoms with Crippen LogP contribution in [0.1, 0.15) is 35.2 Å². The third-order valence-corrected chi connectivity index (χ3v) is 4.91. The summed E-state index contributed by atoms with van der Waals surface area (Å²) < 4.78 is 40.3. The second-order valence-electron chi connectivity index (χ2n) is 4.64. The summed E-state index contributed by atoms with van der Waals surface area (Å²) >= 11 is 0. The molecule has 5 nitrogen and oxygen atoms in total. The molecular weight excluding hydrogens is 273 g/mol. The van der Waals surface area contributed by atoms with Gasteiger partial charge in [0.05, 0.1) is 10.5 Å². The van der Waals surface area contributed by atoms with Gasteiger partial charge in [-0.2, -0.15) is 0 Å². The number of carboxylic acids is 1. The summed E-state index contributed by atoms with van der Waals surface area (Å²) in [6.45, 7) is 1.32. The number of hydrogen-bond acceptors (Lipinski definition) is 3. The molecule has 0 radical (unpaired) electrons. The Morgan fingerprint density at radius 3 is 2.53 bits per heavy atom. The fourth-order valence-corrected chi connectivity index (χ4v) is 3.45. The first-order valence-electron chi connectivity index (χ1n) is 5.87. The van der Waals surface area contributed by atoms with E-state index in [0.717, 1.165) is 31.4 Å². The van der Waals surface area contributed by atoms with Crippen LogP contribution in [-0.4, -0.2) is 25.5 Å². The van der Waals surface area contributed by atoms with Crippen LogP contribution in [0.5, 0.6) is 0 Å². The van der Waals surface area contributed by atoms with E-state index >= 15 is 0 Å². The Bertz CT molecular complexity index is 623. The third kappa shape index (κ3) is 2.76. The zero-order valence-electron chi connectivity index (χ0n) is 10.3. The van der Waals surface area contributed by atoms with Crippen molar-refractivity contribution in [1.82, 2.24) is 4.72 Å². The highest BCUT2D eigenvalue weighted by molar-refractivity contribution is 7.89. The van der Waals surface area contributed by atoms with Gasteiger partial charge in [-0.25, -0.2) is 22.3 Å². The highest BCUT2D eigenvalue weighted by Gasteiger charge is 2.27. The van der Waals surface area contributed by atoms with Crippen LogP contribution in [0.4, 0.5) is 4.39 Å². The van der Waals surface area contributed by atoms with Crippen molar-refractivity contribution in [3.05, 3.63) is 29.1 Å².